The zero-order valence-corrected chi connectivity index (χ0v) is 16.8. The number of rotatable bonds is 8. The molecule has 1 aliphatic rings. The number of benzene rings is 1. The van der Waals surface area contributed by atoms with Gasteiger partial charge in [-0.2, -0.15) is 0 Å². The van der Waals surface area contributed by atoms with Crippen LogP contribution in [0.25, 0.3) is 11.4 Å². The van der Waals surface area contributed by atoms with Gasteiger partial charge < -0.3 is 10.1 Å². The quantitative estimate of drug-likeness (QED) is 0.507. The summed E-state index contributed by atoms with van der Waals surface area (Å²) in [6.07, 6.45) is 4.03. The van der Waals surface area contributed by atoms with E-state index in [4.69, 9.17) is 4.74 Å². The highest BCUT2D eigenvalue weighted by Gasteiger charge is 2.18. The fourth-order valence-corrected chi connectivity index (χ4v) is 3.76. The SMILES string of the molecule is C=CCn1c(SCC(=O)NC[C@H]2CCCO2)nnc1-c1ccc(Br)cc1. The third-order valence-corrected chi connectivity index (χ3v) is 5.51. The molecule has 2 heterocycles. The number of thioether (sulfide) groups is 1. The minimum atomic E-state index is -0.0242. The summed E-state index contributed by atoms with van der Waals surface area (Å²) in [5, 5.41) is 12.2. The Hall–Kier alpha value is -1.64. The van der Waals surface area contributed by atoms with Gasteiger partial charge >= 0.3 is 0 Å². The van der Waals surface area contributed by atoms with Gasteiger partial charge in [-0.15, -0.1) is 16.8 Å². The van der Waals surface area contributed by atoms with Crippen LogP contribution in [0.15, 0.2) is 46.5 Å². The van der Waals surface area contributed by atoms with Crippen molar-refractivity contribution in [2.24, 2.45) is 0 Å². The van der Waals surface area contributed by atoms with Crippen LogP contribution in [-0.2, 0) is 16.1 Å². The van der Waals surface area contributed by atoms with Crippen LogP contribution in [0.3, 0.4) is 0 Å². The molecule has 6 nitrogen and oxygen atoms in total. The average Bonchev–Trinajstić information content (AvgIpc) is 3.29. The molecule has 1 aromatic heterocycles. The molecule has 0 bridgehead atoms. The number of carbonyl (C=O) groups excluding carboxylic acids is 1. The first-order valence-corrected chi connectivity index (χ1v) is 10.3. The first-order valence-electron chi connectivity index (χ1n) is 8.48. The fraction of sp³-hybridized carbons (Fsp3) is 0.389. The summed E-state index contributed by atoms with van der Waals surface area (Å²) in [6, 6.07) is 7.90. The van der Waals surface area contributed by atoms with Gasteiger partial charge in [-0.3, -0.25) is 9.36 Å². The first-order chi connectivity index (χ1) is 12.7. The lowest BCUT2D eigenvalue weighted by Crippen LogP contribution is -2.32. The molecule has 1 amide bonds. The van der Waals surface area contributed by atoms with Crippen molar-refractivity contribution < 1.29 is 9.53 Å². The Morgan fingerprint density at radius 3 is 2.92 bits per heavy atom. The Balaban J connectivity index is 1.62. The minimum absolute atomic E-state index is 0.0242. The van der Waals surface area contributed by atoms with Crippen LogP contribution >= 0.6 is 27.7 Å². The van der Waals surface area contributed by atoms with Crippen molar-refractivity contribution in [1.82, 2.24) is 20.1 Å². The molecule has 0 aliphatic carbocycles. The lowest BCUT2D eigenvalue weighted by molar-refractivity contribution is -0.119. The van der Waals surface area contributed by atoms with Gasteiger partial charge in [-0.25, -0.2) is 0 Å². The molecule has 1 aromatic carbocycles. The molecule has 1 saturated heterocycles. The van der Waals surface area contributed by atoms with E-state index in [2.05, 4.69) is 38.0 Å². The molecule has 2 aromatic rings. The number of hydrogen-bond acceptors (Lipinski definition) is 5. The number of amides is 1. The van der Waals surface area contributed by atoms with E-state index in [1.807, 2.05) is 28.8 Å². The Kier molecular flexibility index (Phi) is 6.87. The summed E-state index contributed by atoms with van der Waals surface area (Å²) in [5.74, 6) is 1.03. The topological polar surface area (TPSA) is 69.0 Å². The molecule has 0 unspecified atom stereocenters. The lowest BCUT2D eigenvalue weighted by Gasteiger charge is -2.11. The summed E-state index contributed by atoms with van der Waals surface area (Å²) >= 11 is 4.81. The summed E-state index contributed by atoms with van der Waals surface area (Å²) in [5.41, 5.74) is 0.970. The van der Waals surface area contributed by atoms with Gasteiger partial charge in [0.15, 0.2) is 11.0 Å². The highest BCUT2D eigenvalue weighted by molar-refractivity contribution is 9.10. The average molecular weight is 437 g/mol. The molecular formula is C18H21BrN4O2S. The molecule has 1 aliphatic heterocycles. The minimum Gasteiger partial charge on any atom is -0.376 e. The molecule has 138 valence electrons. The first kappa shape index (κ1) is 19.1. The standard InChI is InChI=1S/C18H21BrN4O2S/c1-2-9-23-17(13-5-7-14(19)8-6-13)21-22-18(23)26-12-16(24)20-11-15-4-3-10-25-15/h2,5-8,15H,1,3-4,9-12H2,(H,20,24)/t15-/m1/s1. The van der Waals surface area contributed by atoms with Gasteiger partial charge in [0.25, 0.3) is 0 Å². The lowest BCUT2D eigenvalue weighted by atomic mass is 10.2. The molecule has 1 atom stereocenters. The number of allylic oxidation sites excluding steroid dienone is 1. The number of ether oxygens (including phenoxy) is 1. The third-order valence-electron chi connectivity index (χ3n) is 4.01. The van der Waals surface area contributed by atoms with Crippen LogP contribution in [-0.4, -0.2) is 45.7 Å². The largest absolute Gasteiger partial charge is 0.376 e. The van der Waals surface area contributed by atoms with E-state index in [1.54, 1.807) is 6.08 Å². The van der Waals surface area contributed by atoms with Gasteiger partial charge in [0.2, 0.25) is 5.91 Å². The second kappa shape index (κ2) is 9.34. The summed E-state index contributed by atoms with van der Waals surface area (Å²) < 4.78 is 8.49. The number of nitrogens with one attached hydrogen (secondary N) is 1. The van der Waals surface area contributed by atoms with E-state index in [-0.39, 0.29) is 12.0 Å². The molecular weight excluding hydrogens is 416 g/mol. The normalized spacial score (nSPS) is 16.6. The van der Waals surface area contributed by atoms with Crippen LogP contribution in [0.1, 0.15) is 12.8 Å². The van der Waals surface area contributed by atoms with Crippen molar-refractivity contribution >= 4 is 33.6 Å². The fourth-order valence-electron chi connectivity index (χ4n) is 2.72. The molecule has 1 fully saturated rings. The smallest absolute Gasteiger partial charge is 0.230 e. The number of halogens is 1. The Morgan fingerprint density at radius 2 is 2.23 bits per heavy atom. The summed E-state index contributed by atoms with van der Waals surface area (Å²) in [7, 11) is 0. The maximum Gasteiger partial charge on any atom is 0.230 e. The molecule has 1 N–H and O–H groups in total. The number of carbonyl (C=O) groups is 1. The van der Waals surface area contributed by atoms with Gasteiger partial charge in [0.05, 0.1) is 11.9 Å². The highest BCUT2D eigenvalue weighted by atomic mass is 79.9. The van der Waals surface area contributed by atoms with Crippen molar-refractivity contribution in [2.45, 2.75) is 30.6 Å². The van der Waals surface area contributed by atoms with Crippen LogP contribution in [0.2, 0.25) is 0 Å². The van der Waals surface area contributed by atoms with Crippen LogP contribution < -0.4 is 5.32 Å². The van der Waals surface area contributed by atoms with E-state index in [0.717, 1.165) is 35.3 Å². The number of aromatic nitrogens is 3. The maximum absolute atomic E-state index is 12.1. The van der Waals surface area contributed by atoms with Gasteiger partial charge in [0, 0.05) is 29.7 Å². The monoisotopic (exact) mass is 436 g/mol. The van der Waals surface area contributed by atoms with Crippen LogP contribution in [0.5, 0.6) is 0 Å². The van der Waals surface area contributed by atoms with E-state index in [0.29, 0.717) is 24.0 Å². The number of nitrogens with zero attached hydrogens (tertiary/aromatic N) is 3. The zero-order valence-electron chi connectivity index (χ0n) is 14.4. The van der Waals surface area contributed by atoms with Gasteiger partial charge in [-0.05, 0) is 25.0 Å². The van der Waals surface area contributed by atoms with Gasteiger partial charge in [0.1, 0.15) is 0 Å². The van der Waals surface area contributed by atoms with Crippen molar-refractivity contribution in [3.63, 3.8) is 0 Å². The molecule has 26 heavy (non-hydrogen) atoms. The predicted octanol–water partition coefficient (Wildman–Crippen LogP) is 3.28. The highest BCUT2D eigenvalue weighted by Crippen LogP contribution is 2.25. The second-order valence-electron chi connectivity index (χ2n) is 5.94. The van der Waals surface area contributed by atoms with Gasteiger partial charge in [-0.1, -0.05) is 45.9 Å². The Morgan fingerprint density at radius 1 is 1.42 bits per heavy atom. The van der Waals surface area contributed by atoms with E-state index in [9.17, 15) is 4.79 Å². The van der Waals surface area contributed by atoms with Crippen LogP contribution in [0.4, 0.5) is 0 Å². The number of hydrogen-bond donors (Lipinski definition) is 1. The van der Waals surface area contributed by atoms with E-state index < -0.39 is 0 Å². The molecule has 0 spiro atoms. The van der Waals surface area contributed by atoms with Crippen LogP contribution in [0, 0.1) is 0 Å². The zero-order chi connectivity index (χ0) is 18.4. The second-order valence-corrected chi connectivity index (χ2v) is 7.80. The van der Waals surface area contributed by atoms with Crippen molar-refractivity contribution in [3.05, 3.63) is 41.4 Å². The van der Waals surface area contributed by atoms with Crippen molar-refractivity contribution in [3.8, 4) is 11.4 Å². The maximum atomic E-state index is 12.1. The van der Waals surface area contributed by atoms with E-state index >= 15 is 0 Å². The van der Waals surface area contributed by atoms with Crippen molar-refractivity contribution in [2.75, 3.05) is 18.9 Å². The van der Waals surface area contributed by atoms with Crippen molar-refractivity contribution in [1.29, 1.82) is 0 Å². The molecule has 3 rings (SSSR count). The summed E-state index contributed by atoms with van der Waals surface area (Å²) in [6.45, 7) is 5.75. The molecule has 0 saturated carbocycles. The predicted molar refractivity (Wildman–Crippen MR) is 106 cm³/mol. The van der Waals surface area contributed by atoms with E-state index in [1.165, 1.54) is 11.8 Å². The molecule has 8 heteroatoms. The molecule has 0 radical (unpaired) electrons. The Bertz CT molecular complexity index is 757. The Labute approximate surface area is 165 Å². The third kappa shape index (κ3) is 4.96. The summed E-state index contributed by atoms with van der Waals surface area (Å²) in [4.78, 5) is 12.1.